The molecule has 1 amide bonds. The van der Waals surface area contributed by atoms with Crippen LogP contribution < -0.4 is 5.32 Å². The Labute approximate surface area is 91.4 Å². The van der Waals surface area contributed by atoms with Crippen LogP contribution >= 0.6 is 0 Å². The minimum absolute atomic E-state index is 0.123. The van der Waals surface area contributed by atoms with E-state index in [1.165, 1.54) is 0 Å². The fourth-order valence-electron chi connectivity index (χ4n) is 1.98. The van der Waals surface area contributed by atoms with Crippen molar-refractivity contribution < 1.29 is 22.4 Å². The molecule has 2 nitrogen and oxygen atoms in total. The summed E-state index contributed by atoms with van der Waals surface area (Å²) in [6, 6.07) is -0.473. The van der Waals surface area contributed by atoms with Crippen molar-refractivity contribution in [3.63, 3.8) is 0 Å². The van der Waals surface area contributed by atoms with Gasteiger partial charge in [0, 0.05) is 6.04 Å². The van der Waals surface area contributed by atoms with Crippen LogP contribution in [0.15, 0.2) is 0 Å². The molecular formula is C10H15F4NO. The highest BCUT2D eigenvalue weighted by Crippen LogP contribution is 2.29. The van der Waals surface area contributed by atoms with Gasteiger partial charge in [-0.1, -0.05) is 12.8 Å². The SMILES string of the molecule is C[C@@H](NC(=O)C(F)(F)C(F)F)C1CCCC1. The van der Waals surface area contributed by atoms with Gasteiger partial charge in [-0.05, 0) is 25.7 Å². The van der Waals surface area contributed by atoms with E-state index in [2.05, 4.69) is 0 Å². The quantitative estimate of drug-likeness (QED) is 0.753. The van der Waals surface area contributed by atoms with Crippen molar-refractivity contribution in [2.45, 2.75) is 51.0 Å². The molecule has 1 aliphatic carbocycles. The maximum Gasteiger partial charge on any atom is 0.383 e. The average molecular weight is 241 g/mol. The molecule has 94 valence electrons. The summed E-state index contributed by atoms with van der Waals surface area (Å²) >= 11 is 0. The number of carbonyl (C=O) groups excluding carboxylic acids is 1. The van der Waals surface area contributed by atoms with E-state index < -0.39 is 24.3 Å². The summed E-state index contributed by atoms with van der Waals surface area (Å²) in [6.45, 7) is 1.58. The highest BCUT2D eigenvalue weighted by molar-refractivity contribution is 5.84. The lowest BCUT2D eigenvalue weighted by molar-refractivity contribution is -0.170. The first-order valence-corrected chi connectivity index (χ1v) is 5.32. The predicted octanol–water partition coefficient (Wildman–Crippen LogP) is 2.58. The van der Waals surface area contributed by atoms with Gasteiger partial charge < -0.3 is 5.32 Å². The lowest BCUT2D eigenvalue weighted by Gasteiger charge is -2.23. The van der Waals surface area contributed by atoms with Gasteiger partial charge in [-0.15, -0.1) is 0 Å². The Bertz CT molecular complexity index is 251. The topological polar surface area (TPSA) is 29.1 Å². The van der Waals surface area contributed by atoms with Gasteiger partial charge in [-0.3, -0.25) is 4.79 Å². The second-order valence-corrected chi connectivity index (χ2v) is 4.23. The molecule has 0 heterocycles. The lowest BCUT2D eigenvalue weighted by atomic mass is 9.99. The molecule has 1 fully saturated rings. The maximum atomic E-state index is 12.6. The zero-order valence-electron chi connectivity index (χ0n) is 8.98. The monoisotopic (exact) mass is 241 g/mol. The summed E-state index contributed by atoms with van der Waals surface area (Å²) in [5, 5.41) is 1.97. The average Bonchev–Trinajstić information content (AvgIpc) is 2.69. The molecule has 0 saturated heterocycles. The molecular weight excluding hydrogens is 226 g/mol. The molecule has 1 rings (SSSR count). The van der Waals surface area contributed by atoms with Crippen LogP contribution in [0.4, 0.5) is 17.6 Å². The summed E-state index contributed by atoms with van der Waals surface area (Å²) < 4.78 is 49.0. The molecule has 0 unspecified atom stereocenters. The third-order valence-corrected chi connectivity index (χ3v) is 3.04. The molecule has 0 bridgehead atoms. The van der Waals surface area contributed by atoms with Gasteiger partial charge in [0.15, 0.2) is 0 Å². The van der Waals surface area contributed by atoms with Gasteiger partial charge in [-0.2, -0.15) is 8.78 Å². The predicted molar refractivity (Wildman–Crippen MR) is 50.5 cm³/mol. The Morgan fingerprint density at radius 2 is 1.81 bits per heavy atom. The van der Waals surface area contributed by atoms with Gasteiger partial charge in [0.25, 0.3) is 5.91 Å². The van der Waals surface area contributed by atoms with E-state index in [1.807, 2.05) is 5.32 Å². The van der Waals surface area contributed by atoms with Crippen molar-refractivity contribution >= 4 is 5.91 Å². The van der Waals surface area contributed by atoms with Crippen LogP contribution in [0.5, 0.6) is 0 Å². The number of alkyl halides is 4. The van der Waals surface area contributed by atoms with Crippen LogP contribution in [0, 0.1) is 5.92 Å². The van der Waals surface area contributed by atoms with E-state index in [9.17, 15) is 22.4 Å². The highest BCUT2D eigenvalue weighted by atomic mass is 19.3. The van der Waals surface area contributed by atoms with Gasteiger partial charge in [0.05, 0.1) is 0 Å². The van der Waals surface area contributed by atoms with Crippen LogP contribution in [0.2, 0.25) is 0 Å². The summed E-state index contributed by atoms with van der Waals surface area (Å²) in [5.74, 6) is -6.34. The van der Waals surface area contributed by atoms with Crippen molar-refractivity contribution in [2.75, 3.05) is 0 Å². The summed E-state index contributed by atoms with van der Waals surface area (Å²) in [4.78, 5) is 10.9. The smallest absolute Gasteiger partial charge is 0.348 e. The molecule has 1 aliphatic rings. The molecule has 0 aliphatic heterocycles. The molecule has 0 radical (unpaired) electrons. The fourth-order valence-corrected chi connectivity index (χ4v) is 1.98. The number of carbonyl (C=O) groups is 1. The van der Waals surface area contributed by atoms with E-state index in [4.69, 9.17) is 0 Å². The molecule has 1 atom stereocenters. The standard InChI is InChI=1S/C10H15F4NO/c1-6(7-4-2-3-5-7)15-9(16)10(13,14)8(11)12/h6-8H,2-5H2,1H3,(H,15,16)/t6-/m1/s1. The fraction of sp³-hybridized carbons (Fsp3) is 0.900. The molecule has 6 heteroatoms. The zero-order valence-corrected chi connectivity index (χ0v) is 8.98. The van der Waals surface area contributed by atoms with Crippen LogP contribution in [-0.4, -0.2) is 24.3 Å². The van der Waals surface area contributed by atoms with E-state index in [-0.39, 0.29) is 5.92 Å². The van der Waals surface area contributed by atoms with E-state index in [1.54, 1.807) is 6.92 Å². The highest BCUT2D eigenvalue weighted by Gasteiger charge is 2.49. The molecule has 1 N–H and O–H groups in total. The largest absolute Gasteiger partial charge is 0.383 e. The van der Waals surface area contributed by atoms with Crippen LogP contribution in [0.3, 0.4) is 0 Å². The minimum Gasteiger partial charge on any atom is -0.348 e. The third kappa shape index (κ3) is 2.86. The van der Waals surface area contributed by atoms with Crippen molar-refractivity contribution in [1.29, 1.82) is 0 Å². The molecule has 0 aromatic heterocycles. The number of rotatable bonds is 4. The maximum absolute atomic E-state index is 12.6. The number of hydrogen-bond donors (Lipinski definition) is 1. The summed E-state index contributed by atoms with van der Waals surface area (Å²) in [6.07, 6.45) is -0.265. The Kier molecular flexibility index (Phi) is 4.15. The second-order valence-electron chi connectivity index (χ2n) is 4.23. The molecule has 0 spiro atoms. The first-order chi connectivity index (χ1) is 7.35. The number of hydrogen-bond acceptors (Lipinski definition) is 1. The number of amides is 1. The molecule has 0 aromatic rings. The number of halogens is 4. The summed E-state index contributed by atoms with van der Waals surface area (Å²) in [7, 11) is 0. The van der Waals surface area contributed by atoms with E-state index >= 15 is 0 Å². The van der Waals surface area contributed by atoms with Gasteiger partial charge in [-0.25, -0.2) is 8.78 Å². The first-order valence-electron chi connectivity index (χ1n) is 5.32. The van der Waals surface area contributed by atoms with Crippen LogP contribution in [0.25, 0.3) is 0 Å². The normalized spacial score (nSPS) is 20.1. The molecule has 0 aromatic carbocycles. The van der Waals surface area contributed by atoms with Gasteiger partial charge in [0.1, 0.15) is 0 Å². The molecule has 16 heavy (non-hydrogen) atoms. The Morgan fingerprint density at radius 1 is 1.31 bits per heavy atom. The van der Waals surface area contributed by atoms with Crippen molar-refractivity contribution in [2.24, 2.45) is 5.92 Å². The van der Waals surface area contributed by atoms with Crippen LogP contribution in [0.1, 0.15) is 32.6 Å². The first kappa shape index (κ1) is 13.3. The third-order valence-electron chi connectivity index (χ3n) is 3.04. The zero-order chi connectivity index (χ0) is 12.3. The lowest BCUT2D eigenvalue weighted by Crippen LogP contribution is -2.49. The molecule has 1 saturated carbocycles. The van der Waals surface area contributed by atoms with E-state index in [0.29, 0.717) is 0 Å². The number of nitrogens with one attached hydrogen (secondary N) is 1. The van der Waals surface area contributed by atoms with Gasteiger partial charge in [0.2, 0.25) is 0 Å². The van der Waals surface area contributed by atoms with Crippen molar-refractivity contribution in [3.8, 4) is 0 Å². The second kappa shape index (κ2) is 5.01. The van der Waals surface area contributed by atoms with Crippen molar-refractivity contribution in [1.82, 2.24) is 5.32 Å². The van der Waals surface area contributed by atoms with Gasteiger partial charge >= 0.3 is 12.3 Å². The Morgan fingerprint density at radius 3 is 2.25 bits per heavy atom. The summed E-state index contributed by atoms with van der Waals surface area (Å²) in [5.41, 5.74) is 0. The van der Waals surface area contributed by atoms with E-state index in [0.717, 1.165) is 25.7 Å². The van der Waals surface area contributed by atoms with Crippen LogP contribution in [-0.2, 0) is 4.79 Å². The minimum atomic E-state index is -4.59. The van der Waals surface area contributed by atoms with Crippen molar-refractivity contribution in [3.05, 3.63) is 0 Å². The Hall–Kier alpha value is -0.810. The Balaban J connectivity index is 2.50.